The predicted molar refractivity (Wildman–Crippen MR) is 96.0 cm³/mol. The number of aldehydes is 1. The van der Waals surface area contributed by atoms with Crippen molar-refractivity contribution in [1.82, 2.24) is 4.98 Å². The fourth-order valence-corrected chi connectivity index (χ4v) is 3.30. The molecule has 126 valence electrons. The Balaban J connectivity index is 1.71. The van der Waals surface area contributed by atoms with E-state index in [1.807, 2.05) is 0 Å². The number of hydrogen-bond donors (Lipinski definition) is 1. The molecule has 0 radical (unpaired) electrons. The number of nitrogens with one attached hydrogen (secondary N) is 1. The molecule has 24 heavy (non-hydrogen) atoms. The van der Waals surface area contributed by atoms with Gasteiger partial charge in [0.15, 0.2) is 6.29 Å². The second-order valence-electron chi connectivity index (χ2n) is 6.26. The lowest BCUT2D eigenvalue weighted by molar-refractivity contribution is 0.112. The van der Waals surface area contributed by atoms with Crippen molar-refractivity contribution < 1.29 is 9.53 Å². The Bertz CT molecular complexity index is 700. The summed E-state index contributed by atoms with van der Waals surface area (Å²) in [4.78, 5) is 15.2. The number of carbonyl (C=O) groups is 1. The molecule has 0 spiro atoms. The van der Waals surface area contributed by atoms with Gasteiger partial charge in [-0.2, -0.15) is 0 Å². The summed E-state index contributed by atoms with van der Waals surface area (Å²) in [5, 5.41) is 3.40. The van der Waals surface area contributed by atoms with Crippen molar-refractivity contribution in [2.75, 3.05) is 18.5 Å². The van der Waals surface area contributed by atoms with Crippen LogP contribution in [0.2, 0.25) is 0 Å². The summed E-state index contributed by atoms with van der Waals surface area (Å²) in [6.07, 6.45) is 8.71. The molecule has 1 aliphatic rings. The zero-order valence-corrected chi connectivity index (χ0v) is 14.1. The lowest BCUT2D eigenvalue weighted by atomic mass is 9.82. The summed E-state index contributed by atoms with van der Waals surface area (Å²) in [6.45, 7) is 3.69. The molecule has 0 saturated carbocycles. The molecule has 3 rings (SSSR count). The largest absolute Gasteiger partial charge is 0.494 e. The Morgan fingerprint density at radius 2 is 2.29 bits per heavy atom. The first-order chi connectivity index (χ1) is 11.8. The quantitative estimate of drug-likeness (QED) is 0.775. The van der Waals surface area contributed by atoms with Crippen molar-refractivity contribution in [3.05, 3.63) is 53.3 Å². The Morgan fingerprint density at radius 1 is 1.38 bits per heavy atom. The molecule has 4 heteroatoms. The van der Waals surface area contributed by atoms with E-state index in [0.717, 1.165) is 50.1 Å². The molecule has 1 aromatic carbocycles. The Kier molecular flexibility index (Phi) is 5.47. The van der Waals surface area contributed by atoms with Crippen molar-refractivity contribution in [3.63, 3.8) is 0 Å². The van der Waals surface area contributed by atoms with Crippen LogP contribution in [0.1, 0.15) is 53.6 Å². The standard InChI is InChI=1S/C20H24N2O2/c1-2-10-24-18-6-7-19-15(11-18)4-3-5-16(19)12-22-20-13-21-9-8-17(20)14-23/h6-9,11,13-14,16,22H,2-5,10,12H2,1H3. The van der Waals surface area contributed by atoms with E-state index in [1.165, 1.54) is 17.5 Å². The fraction of sp³-hybridized carbons (Fsp3) is 0.400. The first-order valence-electron chi connectivity index (χ1n) is 8.70. The number of pyridine rings is 1. The summed E-state index contributed by atoms with van der Waals surface area (Å²) in [7, 11) is 0. The van der Waals surface area contributed by atoms with Crippen LogP contribution in [0.3, 0.4) is 0 Å². The van der Waals surface area contributed by atoms with E-state index >= 15 is 0 Å². The Hall–Kier alpha value is -2.36. The van der Waals surface area contributed by atoms with E-state index in [4.69, 9.17) is 4.74 Å². The van der Waals surface area contributed by atoms with Gasteiger partial charge in [-0.25, -0.2) is 0 Å². The van der Waals surface area contributed by atoms with Crippen LogP contribution in [0.15, 0.2) is 36.7 Å². The zero-order chi connectivity index (χ0) is 16.8. The Morgan fingerprint density at radius 3 is 3.12 bits per heavy atom. The van der Waals surface area contributed by atoms with Gasteiger partial charge in [-0.1, -0.05) is 13.0 Å². The third-order valence-electron chi connectivity index (χ3n) is 4.55. The maximum atomic E-state index is 11.1. The maximum absolute atomic E-state index is 11.1. The lowest BCUT2D eigenvalue weighted by Gasteiger charge is -2.26. The number of hydrogen-bond acceptors (Lipinski definition) is 4. The summed E-state index contributed by atoms with van der Waals surface area (Å²) < 4.78 is 5.75. The molecule has 1 aromatic heterocycles. The number of rotatable bonds is 7. The average Bonchev–Trinajstić information content (AvgIpc) is 2.64. The monoisotopic (exact) mass is 324 g/mol. The average molecular weight is 324 g/mol. The highest BCUT2D eigenvalue weighted by molar-refractivity contribution is 5.83. The molecule has 1 heterocycles. The number of aryl methyl sites for hydroxylation is 1. The summed E-state index contributed by atoms with van der Waals surface area (Å²) in [5.41, 5.74) is 4.25. The molecule has 1 aliphatic carbocycles. The molecule has 1 atom stereocenters. The molecular weight excluding hydrogens is 300 g/mol. The van der Waals surface area contributed by atoms with E-state index in [-0.39, 0.29) is 0 Å². The normalized spacial score (nSPS) is 16.3. The summed E-state index contributed by atoms with van der Waals surface area (Å²) >= 11 is 0. The van der Waals surface area contributed by atoms with Crippen LogP contribution in [-0.4, -0.2) is 24.4 Å². The smallest absolute Gasteiger partial charge is 0.152 e. The second-order valence-corrected chi connectivity index (χ2v) is 6.26. The van der Waals surface area contributed by atoms with Crippen molar-refractivity contribution in [3.8, 4) is 5.75 Å². The molecule has 2 aromatic rings. The molecule has 0 saturated heterocycles. The molecule has 0 aliphatic heterocycles. The van der Waals surface area contributed by atoms with Gasteiger partial charge in [0.25, 0.3) is 0 Å². The summed E-state index contributed by atoms with van der Waals surface area (Å²) in [5.74, 6) is 1.42. The third kappa shape index (κ3) is 3.75. The van der Waals surface area contributed by atoms with Crippen LogP contribution in [0.4, 0.5) is 5.69 Å². The third-order valence-corrected chi connectivity index (χ3v) is 4.55. The van der Waals surface area contributed by atoms with Crippen molar-refractivity contribution in [2.45, 2.75) is 38.5 Å². The molecule has 1 unspecified atom stereocenters. The van der Waals surface area contributed by atoms with Crippen LogP contribution in [0.5, 0.6) is 5.75 Å². The van der Waals surface area contributed by atoms with Gasteiger partial charge in [0.05, 0.1) is 18.5 Å². The number of anilines is 1. The van der Waals surface area contributed by atoms with Gasteiger partial charge in [-0.15, -0.1) is 0 Å². The van der Waals surface area contributed by atoms with Crippen molar-refractivity contribution >= 4 is 12.0 Å². The van der Waals surface area contributed by atoms with Crippen LogP contribution < -0.4 is 10.1 Å². The molecular formula is C20H24N2O2. The fourth-order valence-electron chi connectivity index (χ4n) is 3.30. The first kappa shape index (κ1) is 16.5. The molecule has 4 nitrogen and oxygen atoms in total. The number of fused-ring (bicyclic) bond motifs is 1. The van der Waals surface area contributed by atoms with Crippen molar-refractivity contribution in [1.29, 1.82) is 0 Å². The van der Waals surface area contributed by atoms with Crippen LogP contribution in [-0.2, 0) is 6.42 Å². The maximum Gasteiger partial charge on any atom is 0.152 e. The van der Waals surface area contributed by atoms with E-state index in [1.54, 1.807) is 18.5 Å². The van der Waals surface area contributed by atoms with Gasteiger partial charge >= 0.3 is 0 Å². The van der Waals surface area contributed by atoms with E-state index in [2.05, 4.69) is 35.4 Å². The van der Waals surface area contributed by atoms with E-state index < -0.39 is 0 Å². The van der Waals surface area contributed by atoms with Gasteiger partial charge < -0.3 is 10.1 Å². The predicted octanol–water partition coefficient (Wildman–Crippen LogP) is 4.21. The first-order valence-corrected chi connectivity index (χ1v) is 8.70. The van der Waals surface area contributed by atoms with Gasteiger partial charge in [0.2, 0.25) is 0 Å². The topological polar surface area (TPSA) is 51.2 Å². The Labute approximate surface area is 143 Å². The molecule has 0 bridgehead atoms. The van der Waals surface area contributed by atoms with E-state index in [0.29, 0.717) is 11.5 Å². The molecule has 0 fully saturated rings. The molecule has 1 N–H and O–H groups in total. The highest BCUT2D eigenvalue weighted by Gasteiger charge is 2.20. The zero-order valence-electron chi connectivity index (χ0n) is 14.1. The molecule has 0 amide bonds. The van der Waals surface area contributed by atoms with Crippen LogP contribution in [0.25, 0.3) is 0 Å². The minimum atomic E-state index is 0.452. The second kappa shape index (κ2) is 7.95. The number of nitrogens with zero attached hydrogens (tertiary/aromatic N) is 1. The lowest BCUT2D eigenvalue weighted by Crippen LogP contribution is -2.19. The summed E-state index contributed by atoms with van der Waals surface area (Å²) in [6, 6.07) is 8.21. The minimum absolute atomic E-state index is 0.452. The number of aromatic nitrogens is 1. The minimum Gasteiger partial charge on any atom is -0.494 e. The van der Waals surface area contributed by atoms with Crippen molar-refractivity contribution in [2.24, 2.45) is 0 Å². The van der Waals surface area contributed by atoms with Crippen LogP contribution in [0, 0.1) is 0 Å². The number of carbonyl (C=O) groups excluding carboxylic acids is 1. The SMILES string of the molecule is CCCOc1ccc2c(c1)CCCC2CNc1cnccc1C=O. The number of ether oxygens (including phenoxy) is 1. The van der Waals surface area contributed by atoms with Gasteiger partial charge in [-0.3, -0.25) is 9.78 Å². The van der Waals surface area contributed by atoms with Gasteiger partial charge in [-0.05, 0) is 55.0 Å². The highest BCUT2D eigenvalue weighted by Crippen LogP contribution is 2.34. The van der Waals surface area contributed by atoms with Gasteiger partial charge in [0.1, 0.15) is 5.75 Å². The number of benzene rings is 1. The highest BCUT2D eigenvalue weighted by atomic mass is 16.5. The van der Waals surface area contributed by atoms with E-state index in [9.17, 15) is 4.79 Å². The van der Waals surface area contributed by atoms with Crippen LogP contribution >= 0.6 is 0 Å². The van der Waals surface area contributed by atoms with Gasteiger partial charge in [0, 0.05) is 24.2 Å².